The Morgan fingerprint density at radius 3 is 2.76 bits per heavy atom. The fraction of sp³-hybridized carbons (Fsp3) is 0.467. The largest absolute Gasteiger partial charge is 0.389 e. The number of nitrogens with zero attached hydrogens (tertiary/aromatic N) is 1. The van der Waals surface area contributed by atoms with Gasteiger partial charge in [-0.15, -0.1) is 0 Å². The molecular weight excluding hydrogens is 286 g/mol. The molecule has 0 bridgehead atoms. The lowest BCUT2D eigenvalue weighted by Crippen LogP contribution is -2.27. The van der Waals surface area contributed by atoms with Gasteiger partial charge in [-0.2, -0.15) is 0 Å². The molecule has 0 saturated carbocycles. The third-order valence-corrected chi connectivity index (χ3v) is 3.91. The number of hydrogen-bond acceptors (Lipinski definition) is 4. The summed E-state index contributed by atoms with van der Waals surface area (Å²) in [7, 11) is 1.73. The smallest absolute Gasteiger partial charge is 0.225 e. The van der Waals surface area contributed by atoms with Crippen LogP contribution in [0.4, 0.5) is 5.69 Å². The van der Waals surface area contributed by atoms with E-state index in [-0.39, 0.29) is 5.91 Å². The van der Waals surface area contributed by atoms with E-state index >= 15 is 0 Å². The van der Waals surface area contributed by atoms with Gasteiger partial charge in [0.05, 0.1) is 6.10 Å². The Labute approximate surface area is 130 Å². The number of benzene rings is 1. The van der Waals surface area contributed by atoms with E-state index in [2.05, 4.69) is 10.2 Å². The molecule has 1 amide bonds. The zero-order valence-electron chi connectivity index (χ0n) is 12.2. The number of ether oxygens (including phenoxy) is 1. The molecule has 1 atom stereocenters. The van der Waals surface area contributed by atoms with Crippen LogP contribution in [0.3, 0.4) is 0 Å². The molecule has 2 rings (SSSR count). The van der Waals surface area contributed by atoms with E-state index in [0.29, 0.717) is 17.5 Å². The zero-order chi connectivity index (χ0) is 15.2. The standard InChI is InChI=1S/C15H21N3O2S/c1-20-13-6-8-18(10-13)9-7-14(19)17-12-4-2-11(3-5-12)15(16)21/h2-5,13H,6-10H2,1H3,(H2,16,21)(H,17,19). The lowest BCUT2D eigenvalue weighted by Gasteiger charge is -2.15. The van der Waals surface area contributed by atoms with Crippen LogP contribution >= 0.6 is 12.2 Å². The van der Waals surface area contributed by atoms with Gasteiger partial charge in [0.1, 0.15) is 4.99 Å². The van der Waals surface area contributed by atoms with Gasteiger partial charge in [-0.05, 0) is 30.7 Å². The lowest BCUT2D eigenvalue weighted by molar-refractivity contribution is -0.116. The van der Waals surface area contributed by atoms with E-state index < -0.39 is 0 Å². The van der Waals surface area contributed by atoms with Gasteiger partial charge in [0.25, 0.3) is 0 Å². The third kappa shape index (κ3) is 4.77. The van der Waals surface area contributed by atoms with E-state index in [0.717, 1.165) is 37.3 Å². The van der Waals surface area contributed by atoms with Gasteiger partial charge in [0.15, 0.2) is 0 Å². The van der Waals surface area contributed by atoms with Crippen LogP contribution in [0.25, 0.3) is 0 Å². The van der Waals surface area contributed by atoms with Crippen molar-refractivity contribution >= 4 is 28.8 Å². The molecule has 5 nitrogen and oxygen atoms in total. The van der Waals surface area contributed by atoms with Gasteiger partial charge < -0.3 is 20.7 Å². The van der Waals surface area contributed by atoms with Crippen molar-refractivity contribution in [2.75, 3.05) is 32.1 Å². The first-order valence-corrected chi connectivity index (χ1v) is 7.44. The molecule has 0 radical (unpaired) electrons. The van der Waals surface area contributed by atoms with Crippen molar-refractivity contribution in [2.45, 2.75) is 18.9 Å². The summed E-state index contributed by atoms with van der Waals surface area (Å²) in [6.45, 7) is 2.66. The molecule has 1 aromatic carbocycles. The third-order valence-electron chi connectivity index (χ3n) is 3.67. The number of carbonyl (C=O) groups excluding carboxylic acids is 1. The van der Waals surface area contributed by atoms with Crippen molar-refractivity contribution in [2.24, 2.45) is 5.73 Å². The monoisotopic (exact) mass is 307 g/mol. The minimum Gasteiger partial charge on any atom is -0.389 e. The summed E-state index contributed by atoms with van der Waals surface area (Å²) < 4.78 is 5.31. The van der Waals surface area contributed by atoms with Crippen LogP contribution in [-0.4, -0.2) is 48.6 Å². The van der Waals surface area contributed by atoms with Gasteiger partial charge in [0, 0.05) is 44.4 Å². The van der Waals surface area contributed by atoms with Crippen LogP contribution < -0.4 is 11.1 Å². The number of hydrogen-bond donors (Lipinski definition) is 2. The number of methoxy groups -OCH3 is 1. The average Bonchev–Trinajstić information content (AvgIpc) is 2.94. The number of likely N-dealkylation sites (tertiary alicyclic amines) is 1. The predicted octanol–water partition coefficient (Wildman–Crippen LogP) is 1.37. The molecule has 21 heavy (non-hydrogen) atoms. The number of carbonyl (C=O) groups is 1. The molecule has 3 N–H and O–H groups in total. The van der Waals surface area contributed by atoms with Crippen molar-refractivity contribution in [3.05, 3.63) is 29.8 Å². The summed E-state index contributed by atoms with van der Waals surface area (Å²) in [5.41, 5.74) is 7.09. The lowest BCUT2D eigenvalue weighted by atomic mass is 10.2. The van der Waals surface area contributed by atoms with Crippen molar-refractivity contribution in [1.82, 2.24) is 4.90 Å². The summed E-state index contributed by atoms with van der Waals surface area (Å²) in [6, 6.07) is 7.23. The van der Waals surface area contributed by atoms with Gasteiger partial charge >= 0.3 is 0 Å². The van der Waals surface area contributed by atoms with Crippen molar-refractivity contribution in [1.29, 1.82) is 0 Å². The molecule has 0 spiro atoms. The Morgan fingerprint density at radius 1 is 1.48 bits per heavy atom. The van der Waals surface area contributed by atoms with Crippen LogP contribution in [0.5, 0.6) is 0 Å². The SMILES string of the molecule is COC1CCN(CCC(=O)Nc2ccc(C(N)=S)cc2)C1. The number of amides is 1. The number of rotatable bonds is 6. The highest BCUT2D eigenvalue weighted by Crippen LogP contribution is 2.13. The number of nitrogens with two attached hydrogens (primary N) is 1. The number of anilines is 1. The normalized spacial score (nSPS) is 18.6. The van der Waals surface area contributed by atoms with E-state index in [9.17, 15) is 4.79 Å². The van der Waals surface area contributed by atoms with Gasteiger partial charge in [0.2, 0.25) is 5.91 Å². The van der Waals surface area contributed by atoms with Crippen LogP contribution in [0, 0.1) is 0 Å². The quantitative estimate of drug-likeness (QED) is 0.777. The van der Waals surface area contributed by atoms with Gasteiger partial charge in [-0.1, -0.05) is 12.2 Å². The molecule has 1 heterocycles. The Balaban J connectivity index is 1.75. The molecule has 1 aliphatic rings. The summed E-state index contributed by atoms with van der Waals surface area (Å²) in [5, 5.41) is 2.88. The second kappa shape index (κ2) is 7.49. The van der Waals surface area contributed by atoms with Crippen LogP contribution in [-0.2, 0) is 9.53 Å². The maximum Gasteiger partial charge on any atom is 0.225 e. The first-order valence-electron chi connectivity index (χ1n) is 7.03. The van der Waals surface area contributed by atoms with E-state index in [1.807, 2.05) is 24.3 Å². The maximum absolute atomic E-state index is 11.9. The highest BCUT2D eigenvalue weighted by molar-refractivity contribution is 7.80. The van der Waals surface area contributed by atoms with E-state index in [1.54, 1.807) is 7.11 Å². The molecule has 6 heteroatoms. The second-order valence-corrected chi connectivity index (χ2v) is 5.63. The molecule has 0 aliphatic carbocycles. The van der Waals surface area contributed by atoms with Crippen molar-refractivity contribution < 1.29 is 9.53 Å². The Kier molecular flexibility index (Phi) is 5.67. The number of nitrogens with one attached hydrogen (secondary N) is 1. The van der Waals surface area contributed by atoms with Crippen molar-refractivity contribution in [3.8, 4) is 0 Å². The zero-order valence-corrected chi connectivity index (χ0v) is 13.0. The van der Waals surface area contributed by atoms with Crippen LogP contribution in [0.2, 0.25) is 0 Å². The molecule has 114 valence electrons. The van der Waals surface area contributed by atoms with E-state index in [1.165, 1.54) is 0 Å². The van der Waals surface area contributed by atoms with Gasteiger partial charge in [-0.25, -0.2) is 0 Å². The maximum atomic E-state index is 11.9. The second-order valence-electron chi connectivity index (χ2n) is 5.19. The first-order chi connectivity index (χ1) is 10.1. The predicted molar refractivity (Wildman–Crippen MR) is 87.4 cm³/mol. The Bertz CT molecular complexity index is 504. The highest BCUT2D eigenvalue weighted by Gasteiger charge is 2.21. The summed E-state index contributed by atoms with van der Waals surface area (Å²) >= 11 is 4.89. The number of thiocarbonyl (C=S) groups is 1. The molecule has 1 fully saturated rings. The molecule has 1 saturated heterocycles. The first kappa shape index (κ1) is 15.9. The minimum absolute atomic E-state index is 0.0129. The topological polar surface area (TPSA) is 67.6 Å². The molecular formula is C15H21N3O2S. The van der Waals surface area contributed by atoms with E-state index in [4.69, 9.17) is 22.7 Å². The van der Waals surface area contributed by atoms with Gasteiger partial charge in [-0.3, -0.25) is 4.79 Å². The van der Waals surface area contributed by atoms with Crippen LogP contribution in [0.1, 0.15) is 18.4 Å². The fourth-order valence-electron chi connectivity index (χ4n) is 2.39. The molecule has 0 aromatic heterocycles. The Hall–Kier alpha value is -1.50. The summed E-state index contributed by atoms with van der Waals surface area (Å²) in [4.78, 5) is 14.5. The van der Waals surface area contributed by atoms with Crippen molar-refractivity contribution in [3.63, 3.8) is 0 Å². The fourth-order valence-corrected chi connectivity index (χ4v) is 2.53. The minimum atomic E-state index is 0.0129. The Morgan fingerprint density at radius 2 is 2.19 bits per heavy atom. The molecule has 1 aliphatic heterocycles. The summed E-state index contributed by atoms with van der Waals surface area (Å²) in [6.07, 6.45) is 1.83. The molecule has 1 unspecified atom stereocenters. The highest BCUT2D eigenvalue weighted by atomic mass is 32.1. The molecule has 1 aromatic rings. The van der Waals surface area contributed by atoms with Crippen LogP contribution in [0.15, 0.2) is 24.3 Å². The summed E-state index contributed by atoms with van der Waals surface area (Å²) in [5.74, 6) is 0.0129. The average molecular weight is 307 g/mol.